The Morgan fingerprint density at radius 1 is 1.14 bits per heavy atom. The lowest BCUT2D eigenvalue weighted by molar-refractivity contribution is -0.130. The molecule has 0 amide bonds. The van der Waals surface area contributed by atoms with Crippen LogP contribution >= 0.6 is 23.2 Å². The number of ether oxygens (including phenoxy) is 2. The van der Waals surface area contributed by atoms with Gasteiger partial charge in [0, 0.05) is 18.6 Å². The second kappa shape index (κ2) is 10.4. The van der Waals surface area contributed by atoms with E-state index in [1.165, 1.54) is 0 Å². The van der Waals surface area contributed by atoms with E-state index in [1.54, 1.807) is 31.2 Å². The van der Waals surface area contributed by atoms with E-state index in [0.29, 0.717) is 52.7 Å². The van der Waals surface area contributed by atoms with Crippen LogP contribution in [0.5, 0.6) is 11.5 Å². The van der Waals surface area contributed by atoms with E-state index < -0.39 is 5.97 Å². The monoisotopic (exact) mass is 422 g/mol. The lowest BCUT2D eigenvalue weighted by Gasteiger charge is -2.14. The third-order valence-corrected chi connectivity index (χ3v) is 4.56. The van der Waals surface area contributed by atoms with Crippen molar-refractivity contribution >= 4 is 34.7 Å². The Labute approximate surface area is 175 Å². The number of carbonyl (C=O) groups is 1. The summed E-state index contributed by atoms with van der Waals surface area (Å²) in [5, 5.41) is 10.2. The number of halogens is 2. The molecule has 0 aromatic heterocycles. The van der Waals surface area contributed by atoms with Gasteiger partial charge >= 0.3 is 5.97 Å². The minimum Gasteiger partial charge on any atom is -0.493 e. The second-order valence-corrected chi connectivity index (χ2v) is 7.50. The number of hydrogen-bond acceptors (Lipinski definition) is 3. The normalized spacial score (nSPS) is 11.6. The van der Waals surface area contributed by atoms with E-state index >= 15 is 0 Å². The summed E-state index contributed by atoms with van der Waals surface area (Å²) < 4.78 is 11.4. The first kappa shape index (κ1) is 22.1. The molecular formula is C22H24Cl2O4. The third-order valence-electron chi connectivity index (χ3n) is 4.00. The number of carboxylic acid groups (broad SMARTS) is 1. The molecule has 0 unspecified atom stereocenters. The lowest BCUT2D eigenvalue weighted by Crippen LogP contribution is -2.07. The SMILES string of the molecule is C/C=C(/C(=O)O)c1ccccc1CCOc1cc(Cl)c(OCC(C)C)c(Cl)c1. The number of aliphatic carboxylic acids is 1. The zero-order chi connectivity index (χ0) is 20.7. The largest absolute Gasteiger partial charge is 0.493 e. The van der Waals surface area contributed by atoms with Gasteiger partial charge in [-0.25, -0.2) is 4.79 Å². The summed E-state index contributed by atoms with van der Waals surface area (Å²) in [6.45, 7) is 6.67. The summed E-state index contributed by atoms with van der Waals surface area (Å²) in [6, 6.07) is 10.7. The maximum absolute atomic E-state index is 11.4. The molecule has 6 heteroatoms. The van der Waals surface area contributed by atoms with E-state index in [2.05, 4.69) is 0 Å². The van der Waals surface area contributed by atoms with Crippen molar-refractivity contribution in [3.05, 3.63) is 63.6 Å². The van der Waals surface area contributed by atoms with Crippen LogP contribution in [0.15, 0.2) is 42.5 Å². The molecule has 0 bridgehead atoms. The van der Waals surface area contributed by atoms with E-state index in [0.717, 1.165) is 5.56 Å². The molecule has 2 rings (SSSR count). The van der Waals surface area contributed by atoms with Crippen LogP contribution in [0.1, 0.15) is 31.9 Å². The van der Waals surface area contributed by atoms with Crippen molar-refractivity contribution < 1.29 is 19.4 Å². The zero-order valence-electron chi connectivity index (χ0n) is 16.2. The van der Waals surface area contributed by atoms with Crippen molar-refractivity contribution in [2.45, 2.75) is 27.2 Å². The van der Waals surface area contributed by atoms with Crippen molar-refractivity contribution in [3.8, 4) is 11.5 Å². The zero-order valence-corrected chi connectivity index (χ0v) is 17.7. The van der Waals surface area contributed by atoms with Gasteiger partial charge in [-0.3, -0.25) is 0 Å². The average molecular weight is 423 g/mol. The maximum atomic E-state index is 11.4. The summed E-state index contributed by atoms with van der Waals surface area (Å²) in [7, 11) is 0. The third kappa shape index (κ3) is 5.91. The predicted octanol–water partition coefficient (Wildman–Crippen LogP) is 6.14. The molecule has 1 N–H and O–H groups in total. The Balaban J connectivity index is 2.07. The van der Waals surface area contributed by atoms with Crippen molar-refractivity contribution in [1.29, 1.82) is 0 Å². The molecule has 0 aliphatic rings. The molecule has 2 aromatic carbocycles. The molecule has 2 aromatic rings. The molecule has 0 saturated carbocycles. The fraction of sp³-hybridized carbons (Fsp3) is 0.318. The van der Waals surface area contributed by atoms with E-state index in [-0.39, 0.29) is 5.57 Å². The summed E-state index contributed by atoms with van der Waals surface area (Å²) in [6.07, 6.45) is 2.14. The van der Waals surface area contributed by atoms with Gasteiger partial charge in [-0.05, 0) is 24.0 Å². The Morgan fingerprint density at radius 3 is 2.36 bits per heavy atom. The molecule has 0 fully saturated rings. The number of rotatable bonds is 9. The number of benzene rings is 2. The molecule has 0 saturated heterocycles. The van der Waals surface area contributed by atoms with Crippen LogP contribution in [0.25, 0.3) is 5.57 Å². The van der Waals surface area contributed by atoms with Crippen LogP contribution in [-0.2, 0) is 11.2 Å². The highest BCUT2D eigenvalue weighted by atomic mass is 35.5. The van der Waals surface area contributed by atoms with Gasteiger partial charge < -0.3 is 14.6 Å². The summed E-state index contributed by atoms with van der Waals surface area (Å²) >= 11 is 12.5. The first-order chi connectivity index (χ1) is 13.3. The number of hydrogen-bond donors (Lipinski definition) is 1. The van der Waals surface area contributed by atoms with Gasteiger partial charge in [-0.15, -0.1) is 0 Å². The van der Waals surface area contributed by atoms with E-state index in [1.807, 2.05) is 32.0 Å². The fourth-order valence-corrected chi connectivity index (χ4v) is 3.26. The molecule has 0 aliphatic heterocycles. The number of allylic oxidation sites excluding steroid dienone is 1. The Kier molecular flexibility index (Phi) is 8.21. The van der Waals surface area contributed by atoms with Gasteiger partial charge in [0.2, 0.25) is 0 Å². The molecule has 28 heavy (non-hydrogen) atoms. The van der Waals surface area contributed by atoms with Crippen molar-refractivity contribution in [2.24, 2.45) is 5.92 Å². The van der Waals surface area contributed by atoms with Crippen LogP contribution in [0.2, 0.25) is 10.0 Å². The van der Waals surface area contributed by atoms with Gasteiger partial charge in [-0.2, -0.15) is 0 Å². The quantitative estimate of drug-likeness (QED) is 0.493. The topological polar surface area (TPSA) is 55.8 Å². The van der Waals surface area contributed by atoms with Crippen LogP contribution < -0.4 is 9.47 Å². The van der Waals surface area contributed by atoms with Crippen molar-refractivity contribution in [2.75, 3.05) is 13.2 Å². The molecular weight excluding hydrogens is 399 g/mol. The standard InChI is InChI=1S/C22H24Cl2O4/c1-4-17(22(25)26)18-8-6-5-7-15(18)9-10-27-16-11-19(23)21(20(24)12-16)28-13-14(2)3/h4-8,11-12,14H,9-10,13H2,1-3H3,(H,25,26)/b17-4+. The Hall–Kier alpha value is -2.17. The highest BCUT2D eigenvalue weighted by molar-refractivity contribution is 6.37. The molecule has 150 valence electrons. The molecule has 0 heterocycles. The second-order valence-electron chi connectivity index (χ2n) is 6.68. The highest BCUT2D eigenvalue weighted by Crippen LogP contribution is 2.37. The van der Waals surface area contributed by atoms with Crippen LogP contribution in [0.4, 0.5) is 0 Å². The van der Waals surface area contributed by atoms with Crippen LogP contribution in [-0.4, -0.2) is 24.3 Å². The first-order valence-electron chi connectivity index (χ1n) is 9.06. The first-order valence-corrected chi connectivity index (χ1v) is 9.81. The molecule has 0 spiro atoms. The average Bonchev–Trinajstić information content (AvgIpc) is 2.62. The summed E-state index contributed by atoms with van der Waals surface area (Å²) in [5.74, 6) is 0.394. The van der Waals surface area contributed by atoms with E-state index in [9.17, 15) is 9.90 Å². The minimum atomic E-state index is -0.952. The predicted molar refractivity (Wildman–Crippen MR) is 114 cm³/mol. The summed E-state index contributed by atoms with van der Waals surface area (Å²) in [5.41, 5.74) is 1.86. The highest BCUT2D eigenvalue weighted by Gasteiger charge is 2.14. The van der Waals surface area contributed by atoms with Gasteiger partial charge in [0.05, 0.1) is 28.8 Å². The smallest absolute Gasteiger partial charge is 0.335 e. The van der Waals surface area contributed by atoms with Gasteiger partial charge in [0.1, 0.15) is 5.75 Å². The summed E-state index contributed by atoms with van der Waals surface area (Å²) in [4.78, 5) is 11.4. The molecule has 0 aliphatic carbocycles. The van der Waals surface area contributed by atoms with Gasteiger partial charge in [-0.1, -0.05) is 67.4 Å². The van der Waals surface area contributed by atoms with Crippen LogP contribution in [0.3, 0.4) is 0 Å². The molecule has 4 nitrogen and oxygen atoms in total. The fourth-order valence-electron chi connectivity index (χ4n) is 2.68. The van der Waals surface area contributed by atoms with Gasteiger partial charge in [0.15, 0.2) is 5.75 Å². The van der Waals surface area contributed by atoms with E-state index in [4.69, 9.17) is 32.7 Å². The minimum absolute atomic E-state index is 0.272. The van der Waals surface area contributed by atoms with Crippen molar-refractivity contribution in [3.63, 3.8) is 0 Å². The Bertz CT molecular complexity index is 836. The van der Waals surface area contributed by atoms with Gasteiger partial charge in [0.25, 0.3) is 0 Å². The lowest BCUT2D eigenvalue weighted by atomic mass is 9.98. The maximum Gasteiger partial charge on any atom is 0.335 e. The molecule has 0 atom stereocenters. The van der Waals surface area contributed by atoms with Crippen molar-refractivity contribution in [1.82, 2.24) is 0 Å². The van der Waals surface area contributed by atoms with Crippen LogP contribution in [0, 0.1) is 5.92 Å². The molecule has 0 radical (unpaired) electrons. The Morgan fingerprint density at radius 2 is 1.79 bits per heavy atom. The number of carboxylic acids is 1.